The molecule has 0 bridgehead atoms. The number of fused-ring (bicyclic) bond motifs is 1. The number of benzene rings is 2. The van der Waals surface area contributed by atoms with Crippen LogP contribution in [0.3, 0.4) is 0 Å². The van der Waals surface area contributed by atoms with Gasteiger partial charge in [0.1, 0.15) is 11.9 Å². The van der Waals surface area contributed by atoms with Crippen LogP contribution in [0.1, 0.15) is 28.4 Å². The van der Waals surface area contributed by atoms with Crippen LogP contribution in [-0.2, 0) is 25.9 Å². The summed E-state index contributed by atoms with van der Waals surface area (Å²) in [4.78, 5) is 2.20. The quantitative estimate of drug-likeness (QED) is 0.374. The molecule has 0 fully saturated rings. The highest BCUT2D eigenvalue weighted by Crippen LogP contribution is 2.41. The molecule has 2 atom stereocenters. The summed E-state index contributed by atoms with van der Waals surface area (Å²) in [6, 6.07) is 10.5. The first-order valence-electron chi connectivity index (χ1n) is 11.7. The van der Waals surface area contributed by atoms with Crippen LogP contribution in [0.4, 0.5) is 0 Å². The van der Waals surface area contributed by atoms with E-state index < -0.39 is 10.0 Å². The molecular formula is C25H33ClN4O5S. The number of nitriles is 1. The highest BCUT2D eigenvalue weighted by atomic mass is 35.5. The topological polar surface area (TPSA) is 127 Å². The smallest absolute Gasteiger partial charge is 0.240 e. The summed E-state index contributed by atoms with van der Waals surface area (Å²) in [5, 5.41) is 10.1. The van der Waals surface area contributed by atoms with Crippen molar-refractivity contribution in [2.75, 3.05) is 53.6 Å². The Morgan fingerprint density at radius 3 is 2.53 bits per heavy atom. The third kappa shape index (κ3) is 6.95. The van der Waals surface area contributed by atoms with Crippen molar-refractivity contribution in [3.8, 4) is 11.8 Å². The van der Waals surface area contributed by atoms with Crippen molar-refractivity contribution < 1.29 is 22.6 Å². The molecule has 0 radical (unpaired) electrons. The summed E-state index contributed by atoms with van der Waals surface area (Å²) in [6.07, 6.45) is 0.301. The number of hydrogen-bond acceptors (Lipinski definition) is 8. The second kappa shape index (κ2) is 12.8. The van der Waals surface area contributed by atoms with E-state index >= 15 is 0 Å². The number of sulfonamides is 1. The predicted molar refractivity (Wildman–Crippen MR) is 138 cm³/mol. The van der Waals surface area contributed by atoms with Crippen molar-refractivity contribution in [1.29, 1.82) is 5.26 Å². The number of rotatable bonds is 13. The molecule has 0 saturated heterocycles. The van der Waals surface area contributed by atoms with Gasteiger partial charge in [-0.05, 0) is 74.5 Å². The second-order valence-corrected chi connectivity index (χ2v) is 10.9. The first-order valence-corrected chi connectivity index (χ1v) is 13.6. The molecule has 1 aliphatic rings. The Morgan fingerprint density at radius 1 is 1.17 bits per heavy atom. The van der Waals surface area contributed by atoms with Crippen LogP contribution in [-0.4, -0.2) is 73.0 Å². The number of nitrogens with two attached hydrogens (primary N) is 1. The zero-order valence-corrected chi connectivity index (χ0v) is 22.4. The zero-order valence-electron chi connectivity index (χ0n) is 20.8. The average molecular weight is 537 g/mol. The molecule has 1 aliphatic carbocycles. The maximum atomic E-state index is 12.7. The number of halogens is 1. The van der Waals surface area contributed by atoms with Crippen LogP contribution in [0.2, 0.25) is 5.02 Å². The van der Waals surface area contributed by atoms with E-state index in [9.17, 15) is 13.7 Å². The van der Waals surface area contributed by atoms with E-state index in [-0.39, 0.29) is 30.2 Å². The van der Waals surface area contributed by atoms with E-state index in [1.165, 1.54) is 6.07 Å². The van der Waals surface area contributed by atoms with E-state index in [0.29, 0.717) is 54.7 Å². The predicted octanol–water partition coefficient (Wildman–Crippen LogP) is 2.40. The van der Waals surface area contributed by atoms with Crippen LogP contribution in [0.25, 0.3) is 0 Å². The van der Waals surface area contributed by atoms with Gasteiger partial charge in [-0.2, -0.15) is 5.26 Å². The normalized spacial score (nSPS) is 17.2. The third-order valence-corrected chi connectivity index (χ3v) is 7.66. The molecule has 3 N–H and O–H groups in total. The largest absolute Gasteiger partial charge is 0.484 e. The minimum Gasteiger partial charge on any atom is -0.484 e. The molecule has 0 aliphatic heterocycles. The minimum absolute atomic E-state index is 0.00394. The van der Waals surface area contributed by atoms with Gasteiger partial charge in [0.05, 0.1) is 49.0 Å². The summed E-state index contributed by atoms with van der Waals surface area (Å²) < 4.78 is 45.0. The van der Waals surface area contributed by atoms with Crippen LogP contribution < -0.4 is 15.2 Å². The molecule has 0 aromatic heterocycles. The SMILES string of the molecule is Cc1cc(S(=O)(=O)NCCOCCOCCN)ccc1O[C@H]1c2cc(Cl)cc(C#N)c2C[C@@H]1N(C)C. The van der Waals surface area contributed by atoms with Crippen LogP contribution in [0.5, 0.6) is 5.75 Å². The molecule has 0 spiro atoms. The standard InChI is InChI=1S/C25H33ClN4O5S/c1-17-12-20(36(31,32)29-7-9-34-11-10-33-8-6-27)4-5-24(17)35-25-22-14-19(26)13-18(16-28)21(22)15-23(25)30(2)3/h4-5,12-14,23,25,29H,6-11,15,27H2,1-3H3/t23-,25-/m0/s1. The number of nitrogens with zero attached hydrogens (tertiary/aromatic N) is 2. The molecule has 2 aromatic carbocycles. The van der Waals surface area contributed by atoms with E-state index in [1.54, 1.807) is 25.1 Å². The van der Waals surface area contributed by atoms with Crippen molar-refractivity contribution in [1.82, 2.24) is 9.62 Å². The van der Waals surface area contributed by atoms with Gasteiger partial charge in [0.25, 0.3) is 0 Å². The van der Waals surface area contributed by atoms with Gasteiger partial charge < -0.3 is 24.8 Å². The lowest BCUT2D eigenvalue weighted by molar-refractivity contribution is 0.0530. The van der Waals surface area contributed by atoms with E-state index in [4.69, 9.17) is 31.5 Å². The fourth-order valence-electron chi connectivity index (χ4n) is 4.15. The van der Waals surface area contributed by atoms with Gasteiger partial charge in [0, 0.05) is 18.1 Å². The number of aryl methyl sites for hydroxylation is 1. The maximum Gasteiger partial charge on any atom is 0.240 e. The van der Waals surface area contributed by atoms with Crippen molar-refractivity contribution in [2.24, 2.45) is 5.73 Å². The third-order valence-electron chi connectivity index (χ3n) is 5.99. The summed E-state index contributed by atoms with van der Waals surface area (Å²) in [5.41, 5.74) is 8.38. The zero-order chi connectivity index (χ0) is 26.3. The Balaban J connectivity index is 1.69. The molecular weight excluding hydrogens is 504 g/mol. The Hall–Kier alpha value is -2.23. The molecule has 0 saturated carbocycles. The van der Waals surface area contributed by atoms with Crippen molar-refractivity contribution in [3.63, 3.8) is 0 Å². The lowest BCUT2D eigenvalue weighted by Gasteiger charge is -2.28. The first-order chi connectivity index (χ1) is 17.2. The van der Waals surface area contributed by atoms with E-state index in [2.05, 4.69) is 15.7 Å². The van der Waals surface area contributed by atoms with Crippen LogP contribution >= 0.6 is 11.6 Å². The number of nitrogens with one attached hydrogen (secondary N) is 1. The average Bonchev–Trinajstić information content (AvgIpc) is 3.19. The van der Waals surface area contributed by atoms with Gasteiger partial charge >= 0.3 is 0 Å². The van der Waals surface area contributed by atoms with Gasteiger partial charge in [-0.1, -0.05) is 11.6 Å². The van der Waals surface area contributed by atoms with Crippen LogP contribution in [0.15, 0.2) is 35.2 Å². The Morgan fingerprint density at radius 2 is 1.89 bits per heavy atom. The summed E-state index contributed by atoms with van der Waals surface area (Å²) in [5.74, 6) is 0.568. The maximum absolute atomic E-state index is 12.7. The van der Waals surface area contributed by atoms with Gasteiger partial charge in [0.2, 0.25) is 10.0 Å². The Labute approximate surface area is 218 Å². The molecule has 0 heterocycles. The van der Waals surface area contributed by atoms with Gasteiger partial charge in [0.15, 0.2) is 0 Å². The molecule has 196 valence electrons. The molecule has 2 aromatic rings. The van der Waals surface area contributed by atoms with Gasteiger partial charge in [-0.25, -0.2) is 13.1 Å². The number of hydrogen-bond donors (Lipinski definition) is 2. The molecule has 3 rings (SSSR count). The highest BCUT2D eigenvalue weighted by Gasteiger charge is 2.38. The number of likely N-dealkylation sites (N-methyl/N-ethyl adjacent to an activating group) is 1. The van der Waals surface area contributed by atoms with Crippen LogP contribution in [0, 0.1) is 18.3 Å². The molecule has 0 amide bonds. The van der Waals surface area contributed by atoms with Crippen molar-refractivity contribution in [3.05, 3.63) is 57.6 Å². The Bertz CT molecular complexity index is 1200. The van der Waals surface area contributed by atoms with E-state index in [1.807, 2.05) is 20.2 Å². The summed E-state index contributed by atoms with van der Waals surface area (Å²) in [7, 11) is 0.217. The Kier molecular flexibility index (Phi) is 10.1. The van der Waals surface area contributed by atoms with Gasteiger partial charge in [-0.3, -0.25) is 0 Å². The molecule has 9 nitrogen and oxygen atoms in total. The van der Waals surface area contributed by atoms with Crippen molar-refractivity contribution in [2.45, 2.75) is 30.4 Å². The highest BCUT2D eigenvalue weighted by molar-refractivity contribution is 7.89. The minimum atomic E-state index is -3.71. The summed E-state index contributed by atoms with van der Waals surface area (Å²) in [6.45, 7) is 3.86. The molecule has 36 heavy (non-hydrogen) atoms. The lowest BCUT2D eigenvalue weighted by atomic mass is 10.0. The van der Waals surface area contributed by atoms with Gasteiger partial charge in [-0.15, -0.1) is 0 Å². The van der Waals surface area contributed by atoms with Crippen molar-refractivity contribution >= 4 is 21.6 Å². The monoisotopic (exact) mass is 536 g/mol. The summed E-state index contributed by atoms with van der Waals surface area (Å²) >= 11 is 6.28. The number of ether oxygens (including phenoxy) is 3. The molecule has 0 unspecified atom stereocenters. The lowest BCUT2D eigenvalue weighted by Crippen LogP contribution is -2.34. The first kappa shape index (κ1) is 28.3. The van der Waals surface area contributed by atoms with E-state index in [0.717, 1.165) is 11.1 Å². The second-order valence-electron chi connectivity index (χ2n) is 8.74. The molecule has 11 heteroatoms. The fraction of sp³-hybridized carbons (Fsp3) is 0.480. The fourth-order valence-corrected chi connectivity index (χ4v) is 5.48.